The van der Waals surface area contributed by atoms with Gasteiger partial charge in [-0.2, -0.15) is 0 Å². The predicted octanol–water partition coefficient (Wildman–Crippen LogP) is 4.53. The number of hydrogen-bond donors (Lipinski definition) is 0. The molecule has 0 amide bonds. The van der Waals surface area contributed by atoms with E-state index in [0.29, 0.717) is 4.90 Å². The summed E-state index contributed by atoms with van der Waals surface area (Å²) in [5.41, 5.74) is 0. The molecule has 0 N–H and O–H groups in total. The molecule has 4 heteroatoms. The molecular formula is C25H23O2PS. The third-order valence-corrected chi connectivity index (χ3v) is 18.6. The van der Waals surface area contributed by atoms with Gasteiger partial charge in [-0.05, 0) is 0 Å². The molecule has 0 radical (unpaired) electrons. The van der Waals surface area contributed by atoms with Crippen LogP contribution in [0.2, 0.25) is 0 Å². The fourth-order valence-electron chi connectivity index (χ4n) is 4.08. The van der Waals surface area contributed by atoms with Crippen molar-refractivity contribution in [3.8, 4) is 0 Å². The maximum atomic E-state index is 14.6. The fraction of sp³-hybridized carbons (Fsp3) is 0.0400. The summed E-state index contributed by atoms with van der Waals surface area (Å²) in [4.78, 5) is 0.344. The van der Waals surface area contributed by atoms with Gasteiger partial charge in [-0.3, -0.25) is 0 Å². The Bertz CT molecular complexity index is 1110. The molecule has 0 fully saturated rings. The SMILES string of the molecule is CP(c1ccccc1)(c1ccccc1)(c1ccccc1)S(=O)(=O)c1ccccc1. The summed E-state index contributed by atoms with van der Waals surface area (Å²) in [5.74, 6) is -3.95. The van der Waals surface area contributed by atoms with Crippen LogP contribution >= 0.6 is 5.81 Å². The van der Waals surface area contributed by atoms with Gasteiger partial charge >= 0.3 is 172 Å². The van der Waals surface area contributed by atoms with Gasteiger partial charge in [0.1, 0.15) is 0 Å². The van der Waals surface area contributed by atoms with Crippen LogP contribution in [-0.2, 0) is 9.46 Å². The minimum absolute atomic E-state index is 0.344. The summed E-state index contributed by atoms with van der Waals surface area (Å²) in [6.45, 7) is 1.97. The first kappa shape index (κ1) is 19.6. The van der Waals surface area contributed by atoms with E-state index >= 15 is 0 Å². The molecule has 0 saturated heterocycles. The van der Waals surface area contributed by atoms with E-state index in [0.717, 1.165) is 15.9 Å². The average Bonchev–Trinajstić information content (AvgIpc) is 2.81. The Morgan fingerprint density at radius 1 is 0.483 bits per heavy atom. The molecule has 146 valence electrons. The zero-order valence-corrected chi connectivity index (χ0v) is 17.9. The third kappa shape index (κ3) is 2.69. The van der Waals surface area contributed by atoms with Crippen molar-refractivity contribution in [1.29, 1.82) is 0 Å². The van der Waals surface area contributed by atoms with Crippen molar-refractivity contribution >= 4 is 31.2 Å². The zero-order valence-electron chi connectivity index (χ0n) is 16.2. The van der Waals surface area contributed by atoms with Gasteiger partial charge in [0, 0.05) is 0 Å². The molecule has 0 saturated carbocycles. The van der Waals surface area contributed by atoms with E-state index in [1.54, 1.807) is 24.3 Å². The van der Waals surface area contributed by atoms with Gasteiger partial charge in [0.05, 0.1) is 0 Å². The van der Waals surface area contributed by atoms with Gasteiger partial charge in [0.15, 0.2) is 0 Å². The van der Waals surface area contributed by atoms with E-state index < -0.39 is 15.3 Å². The third-order valence-electron chi connectivity index (χ3n) is 5.78. The minimum atomic E-state index is -3.95. The van der Waals surface area contributed by atoms with Gasteiger partial charge in [0.25, 0.3) is 0 Å². The molecule has 0 aliphatic carbocycles. The summed E-state index contributed by atoms with van der Waals surface area (Å²) in [6.07, 6.45) is 0. The fourth-order valence-corrected chi connectivity index (χ4v) is 15.0. The van der Waals surface area contributed by atoms with Crippen LogP contribution in [0.25, 0.3) is 0 Å². The number of rotatable bonds is 5. The average molecular weight is 418 g/mol. The van der Waals surface area contributed by atoms with E-state index in [4.69, 9.17) is 0 Å². The number of benzene rings is 4. The van der Waals surface area contributed by atoms with Gasteiger partial charge in [0.2, 0.25) is 0 Å². The molecule has 29 heavy (non-hydrogen) atoms. The van der Waals surface area contributed by atoms with E-state index in [-0.39, 0.29) is 0 Å². The second kappa shape index (κ2) is 7.26. The normalized spacial score (nSPS) is 13.3. The van der Waals surface area contributed by atoms with Crippen LogP contribution in [0, 0.1) is 0 Å². The summed E-state index contributed by atoms with van der Waals surface area (Å²) < 4.78 is 29.3. The van der Waals surface area contributed by atoms with Gasteiger partial charge in [-0.15, -0.1) is 0 Å². The molecule has 0 heterocycles. The topological polar surface area (TPSA) is 34.1 Å². The maximum absolute atomic E-state index is 14.6. The van der Waals surface area contributed by atoms with Crippen molar-refractivity contribution in [3.05, 3.63) is 121 Å². The molecule has 4 aromatic rings. The van der Waals surface area contributed by atoms with Crippen LogP contribution in [0.3, 0.4) is 0 Å². The molecule has 0 aromatic heterocycles. The van der Waals surface area contributed by atoms with Gasteiger partial charge in [-0.1, -0.05) is 0 Å². The predicted molar refractivity (Wildman–Crippen MR) is 125 cm³/mol. The standard InChI is InChI=1S/C25H23O2PS/c1-28(22-14-6-2-7-15-22,23-16-8-3-9-17-23,24-18-10-4-11-19-24)29(26,27)25-20-12-5-13-21-25/h2-21H,1H3. The van der Waals surface area contributed by atoms with Crippen LogP contribution in [0.5, 0.6) is 0 Å². The molecule has 0 bridgehead atoms. The Labute approximate surface area is 172 Å². The molecule has 2 nitrogen and oxygen atoms in total. The van der Waals surface area contributed by atoms with E-state index in [9.17, 15) is 8.42 Å². The zero-order chi connectivity index (χ0) is 20.4. The number of hydrogen-bond acceptors (Lipinski definition) is 2. The van der Waals surface area contributed by atoms with Crippen molar-refractivity contribution in [3.63, 3.8) is 0 Å². The summed E-state index contributed by atoms with van der Waals surface area (Å²) >= 11 is 0. The van der Waals surface area contributed by atoms with Gasteiger partial charge < -0.3 is 0 Å². The first-order valence-electron chi connectivity index (χ1n) is 9.48. The summed E-state index contributed by atoms with van der Waals surface area (Å²) in [5, 5.41) is 2.50. The van der Waals surface area contributed by atoms with E-state index in [1.807, 2.05) is 104 Å². The quantitative estimate of drug-likeness (QED) is 0.446. The van der Waals surface area contributed by atoms with Crippen LogP contribution in [0.1, 0.15) is 0 Å². The van der Waals surface area contributed by atoms with Crippen molar-refractivity contribution in [2.45, 2.75) is 4.90 Å². The molecule has 0 spiro atoms. The Morgan fingerprint density at radius 2 is 0.759 bits per heavy atom. The molecule has 0 unspecified atom stereocenters. The Balaban J connectivity index is 2.27. The summed E-state index contributed by atoms with van der Waals surface area (Å²) in [6, 6.07) is 37.9. The second-order valence-electron chi connectivity index (χ2n) is 7.26. The van der Waals surface area contributed by atoms with Crippen molar-refractivity contribution in [2.24, 2.45) is 0 Å². The molecule has 0 aliphatic rings. The van der Waals surface area contributed by atoms with Crippen molar-refractivity contribution < 1.29 is 8.42 Å². The Hall–Kier alpha value is -2.74. The molecule has 4 rings (SSSR count). The van der Waals surface area contributed by atoms with Crippen LogP contribution < -0.4 is 15.9 Å². The monoisotopic (exact) mass is 418 g/mol. The first-order valence-corrected chi connectivity index (χ1v) is 14.3. The van der Waals surface area contributed by atoms with Crippen LogP contribution in [0.4, 0.5) is 0 Å². The molecular weight excluding hydrogens is 395 g/mol. The Morgan fingerprint density at radius 3 is 1.07 bits per heavy atom. The van der Waals surface area contributed by atoms with Crippen molar-refractivity contribution in [1.82, 2.24) is 0 Å². The molecule has 0 atom stereocenters. The van der Waals surface area contributed by atoms with Gasteiger partial charge in [-0.25, -0.2) is 0 Å². The second-order valence-corrected chi connectivity index (χ2v) is 17.3. The Kier molecular flexibility index (Phi) is 4.90. The summed E-state index contributed by atoms with van der Waals surface area (Å²) in [7, 11) is -3.79. The van der Waals surface area contributed by atoms with Crippen LogP contribution in [0.15, 0.2) is 126 Å². The van der Waals surface area contributed by atoms with Crippen molar-refractivity contribution in [2.75, 3.05) is 6.66 Å². The van der Waals surface area contributed by atoms with E-state index in [1.165, 1.54) is 0 Å². The molecule has 0 aliphatic heterocycles. The van der Waals surface area contributed by atoms with E-state index in [2.05, 4.69) is 0 Å². The van der Waals surface area contributed by atoms with Crippen LogP contribution in [-0.4, -0.2) is 15.1 Å². The molecule has 4 aromatic carbocycles. The first-order chi connectivity index (χ1) is 14.0.